The number of carboxylic acids is 2. The van der Waals surface area contributed by atoms with Gasteiger partial charge in [-0.3, -0.25) is 9.59 Å². The molecule has 16 heavy (non-hydrogen) atoms. The molecule has 88 valence electrons. The summed E-state index contributed by atoms with van der Waals surface area (Å²) in [6.45, 7) is 4.80. The van der Waals surface area contributed by atoms with Crippen molar-refractivity contribution in [2.75, 3.05) is 0 Å². The molecule has 0 aromatic carbocycles. The fourth-order valence-corrected chi connectivity index (χ4v) is 2.24. The summed E-state index contributed by atoms with van der Waals surface area (Å²) in [6, 6.07) is 0. The highest BCUT2D eigenvalue weighted by Gasteiger charge is 2.33. The van der Waals surface area contributed by atoms with Crippen molar-refractivity contribution < 1.29 is 19.8 Å². The van der Waals surface area contributed by atoms with Gasteiger partial charge in [-0.25, -0.2) is 4.98 Å². The summed E-state index contributed by atoms with van der Waals surface area (Å²) >= 11 is 1.15. The van der Waals surface area contributed by atoms with Crippen LogP contribution in [0, 0.1) is 6.92 Å². The van der Waals surface area contributed by atoms with Gasteiger partial charge in [0.15, 0.2) is 0 Å². The van der Waals surface area contributed by atoms with Gasteiger partial charge in [0.1, 0.15) is 10.4 Å². The van der Waals surface area contributed by atoms with Crippen LogP contribution in [0.1, 0.15) is 29.4 Å². The molecule has 2 N–H and O–H groups in total. The summed E-state index contributed by atoms with van der Waals surface area (Å²) in [7, 11) is 0. The Morgan fingerprint density at radius 3 is 2.38 bits per heavy atom. The third-order valence-corrected chi connectivity index (χ3v) is 3.75. The molecule has 0 saturated heterocycles. The lowest BCUT2D eigenvalue weighted by molar-refractivity contribution is -0.142. The molecule has 0 aliphatic heterocycles. The Hall–Kier alpha value is -1.43. The first-order valence-electron chi connectivity index (χ1n) is 4.67. The highest BCUT2D eigenvalue weighted by atomic mass is 32.1. The van der Waals surface area contributed by atoms with Crippen LogP contribution in [0.15, 0.2) is 0 Å². The van der Waals surface area contributed by atoms with Crippen LogP contribution in [0.4, 0.5) is 0 Å². The van der Waals surface area contributed by atoms with Crippen LogP contribution in [-0.4, -0.2) is 27.1 Å². The van der Waals surface area contributed by atoms with Crippen molar-refractivity contribution in [3.05, 3.63) is 15.6 Å². The summed E-state index contributed by atoms with van der Waals surface area (Å²) in [5.74, 6) is -1.91. The fourth-order valence-electron chi connectivity index (χ4n) is 1.09. The van der Waals surface area contributed by atoms with E-state index in [1.807, 2.05) is 0 Å². The molecular formula is C10H13NO4S. The van der Waals surface area contributed by atoms with Gasteiger partial charge in [-0.2, -0.15) is 0 Å². The van der Waals surface area contributed by atoms with Gasteiger partial charge < -0.3 is 10.2 Å². The predicted octanol–water partition coefficient (Wildman–Crippen LogP) is 1.44. The monoisotopic (exact) mass is 243 g/mol. The highest BCUT2D eigenvalue weighted by molar-refractivity contribution is 7.12. The number of aliphatic carboxylic acids is 2. The van der Waals surface area contributed by atoms with Crippen LogP contribution >= 0.6 is 11.3 Å². The van der Waals surface area contributed by atoms with Crippen molar-refractivity contribution in [3.63, 3.8) is 0 Å². The van der Waals surface area contributed by atoms with Crippen LogP contribution in [0.3, 0.4) is 0 Å². The molecule has 0 amide bonds. The molecule has 1 rings (SSSR count). The molecule has 0 spiro atoms. The second-order valence-electron chi connectivity index (χ2n) is 4.03. The van der Waals surface area contributed by atoms with E-state index in [0.717, 1.165) is 11.3 Å². The van der Waals surface area contributed by atoms with E-state index in [1.54, 1.807) is 20.8 Å². The van der Waals surface area contributed by atoms with Crippen LogP contribution in [0.25, 0.3) is 0 Å². The normalized spacial score (nSPS) is 11.4. The van der Waals surface area contributed by atoms with Gasteiger partial charge in [0.25, 0.3) is 0 Å². The van der Waals surface area contributed by atoms with Crippen LogP contribution in [0.2, 0.25) is 0 Å². The minimum absolute atomic E-state index is 0.112. The molecule has 1 aromatic heterocycles. The Morgan fingerprint density at radius 1 is 1.38 bits per heavy atom. The first kappa shape index (κ1) is 12.6. The van der Waals surface area contributed by atoms with Gasteiger partial charge in [-0.05, 0) is 20.8 Å². The average molecular weight is 243 g/mol. The van der Waals surface area contributed by atoms with Crippen molar-refractivity contribution >= 4 is 23.3 Å². The molecule has 6 heteroatoms. The fraction of sp³-hybridized carbons (Fsp3) is 0.500. The molecular weight excluding hydrogens is 230 g/mol. The molecule has 0 fully saturated rings. The zero-order chi connectivity index (χ0) is 12.5. The first-order valence-corrected chi connectivity index (χ1v) is 5.48. The maximum atomic E-state index is 11.0. The van der Waals surface area contributed by atoms with E-state index in [1.165, 1.54) is 0 Å². The van der Waals surface area contributed by atoms with Gasteiger partial charge in [0, 0.05) is 4.88 Å². The van der Waals surface area contributed by atoms with E-state index in [2.05, 4.69) is 4.98 Å². The third-order valence-electron chi connectivity index (χ3n) is 2.27. The highest BCUT2D eigenvalue weighted by Crippen LogP contribution is 2.30. The summed E-state index contributed by atoms with van der Waals surface area (Å²) in [5.41, 5.74) is -0.483. The maximum Gasteiger partial charge on any atom is 0.316 e. The number of carboxylic acid groups (broad SMARTS) is 2. The van der Waals surface area contributed by atoms with Crippen molar-refractivity contribution in [1.82, 2.24) is 4.98 Å². The molecule has 0 unspecified atom stereocenters. The number of aryl methyl sites for hydroxylation is 1. The molecule has 0 atom stereocenters. The van der Waals surface area contributed by atoms with Crippen LogP contribution in [0.5, 0.6) is 0 Å². The molecule has 1 heterocycles. The zero-order valence-corrected chi connectivity index (χ0v) is 10.1. The molecule has 1 aromatic rings. The van der Waals surface area contributed by atoms with E-state index in [0.29, 0.717) is 15.6 Å². The Kier molecular flexibility index (Phi) is 3.32. The standard InChI is InChI=1S/C10H13NO4S/c1-5-6(4-7(12)13)16-8(11-5)10(2,3)9(14)15/h4H2,1-3H3,(H,12,13)(H,14,15). The maximum absolute atomic E-state index is 11.0. The van der Waals surface area contributed by atoms with Gasteiger partial charge in [0.2, 0.25) is 0 Å². The van der Waals surface area contributed by atoms with E-state index in [4.69, 9.17) is 10.2 Å². The summed E-state index contributed by atoms with van der Waals surface area (Å²) < 4.78 is 0. The van der Waals surface area contributed by atoms with Crippen molar-refractivity contribution in [2.24, 2.45) is 0 Å². The Bertz CT molecular complexity index is 436. The van der Waals surface area contributed by atoms with Gasteiger partial charge >= 0.3 is 11.9 Å². The number of nitrogens with zero attached hydrogens (tertiary/aromatic N) is 1. The minimum Gasteiger partial charge on any atom is -0.481 e. The van der Waals surface area contributed by atoms with Gasteiger partial charge in [-0.15, -0.1) is 11.3 Å². The van der Waals surface area contributed by atoms with E-state index >= 15 is 0 Å². The topological polar surface area (TPSA) is 87.5 Å². The SMILES string of the molecule is Cc1nc(C(C)(C)C(=O)O)sc1CC(=O)O. The minimum atomic E-state index is -1.08. The Balaban J connectivity index is 3.10. The van der Waals surface area contributed by atoms with Crippen molar-refractivity contribution in [2.45, 2.75) is 32.6 Å². The number of thiazole rings is 1. The Labute approximate surface area is 96.8 Å². The molecule has 0 radical (unpaired) electrons. The number of carbonyl (C=O) groups is 2. The largest absolute Gasteiger partial charge is 0.481 e. The van der Waals surface area contributed by atoms with Gasteiger partial charge in [0.05, 0.1) is 12.1 Å². The zero-order valence-electron chi connectivity index (χ0n) is 9.27. The van der Waals surface area contributed by atoms with Crippen molar-refractivity contribution in [1.29, 1.82) is 0 Å². The number of hydrogen-bond acceptors (Lipinski definition) is 4. The average Bonchev–Trinajstić information content (AvgIpc) is 2.47. The lowest BCUT2D eigenvalue weighted by atomic mass is 9.95. The van der Waals surface area contributed by atoms with E-state index in [-0.39, 0.29) is 6.42 Å². The second kappa shape index (κ2) is 4.21. The molecule has 0 bridgehead atoms. The number of rotatable bonds is 4. The van der Waals surface area contributed by atoms with Crippen LogP contribution < -0.4 is 0 Å². The molecule has 0 aliphatic carbocycles. The van der Waals surface area contributed by atoms with Crippen LogP contribution in [-0.2, 0) is 21.4 Å². The number of hydrogen-bond donors (Lipinski definition) is 2. The second-order valence-corrected chi connectivity index (χ2v) is 5.11. The molecule has 0 aliphatic rings. The predicted molar refractivity (Wildman–Crippen MR) is 58.9 cm³/mol. The Morgan fingerprint density at radius 2 is 1.94 bits per heavy atom. The van der Waals surface area contributed by atoms with E-state index in [9.17, 15) is 9.59 Å². The van der Waals surface area contributed by atoms with Crippen molar-refractivity contribution in [3.8, 4) is 0 Å². The number of aromatic nitrogens is 1. The first-order chi connectivity index (χ1) is 7.25. The lowest BCUT2D eigenvalue weighted by Gasteiger charge is -2.14. The summed E-state index contributed by atoms with van der Waals surface area (Å²) in [5, 5.41) is 18.1. The lowest BCUT2D eigenvalue weighted by Crippen LogP contribution is -2.28. The smallest absolute Gasteiger partial charge is 0.316 e. The summed E-state index contributed by atoms with van der Waals surface area (Å²) in [6.07, 6.45) is -0.112. The molecule has 5 nitrogen and oxygen atoms in total. The molecule has 0 saturated carbocycles. The summed E-state index contributed by atoms with van der Waals surface area (Å²) in [4.78, 5) is 26.3. The van der Waals surface area contributed by atoms with E-state index < -0.39 is 17.4 Å². The quantitative estimate of drug-likeness (QED) is 0.835. The third kappa shape index (κ3) is 2.38. The van der Waals surface area contributed by atoms with Gasteiger partial charge in [-0.1, -0.05) is 0 Å².